The van der Waals surface area contributed by atoms with Crippen molar-refractivity contribution in [3.63, 3.8) is 0 Å². The van der Waals surface area contributed by atoms with Crippen LogP contribution >= 0.6 is 0 Å². The van der Waals surface area contributed by atoms with Gasteiger partial charge in [0.15, 0.2) is 0 Å². The van der Waals surface area contributed by atoms with Crippen LogP contribution in [0.2, 0.25) is 0 Å². The van der Waals surface area contributed by atoms with Crippen LogP contribution in [0, 0.1) is 0 Å². The Bertz CT molecular complexity index is 807. The lowest BCUT2D eigenvalue weighted by molar-refractivity contribution is -0.132. The van der Waals surface area contributed by atoms with Gasteiger partial charge in [-0.3, -0.25) is 14.6 Å². The van der Waals surface area contributed by atoms with Crippen molar-refractivity contribution in [1.82, 2.24) is 24.9 Å². The molecule has 1 atom stereocenters. The number of benzene rings is 1. The zero-order valence-electron chi connectivity index (χ0n) is 12.9. The molecule has 118 valence electrons. The van der Waals surface area contributed by atoms with Crippen molar-refractivity contribution >= 4 is 16.8 Å². The zero-order chi connectivity index (χ0) is 15.6. The van der Waals surface area contributed by atoms with Gasteiger partial charge in [-0.25, -0.2) is 0 Å². The van der Waals surface area contributed by atoms with Crippen molar-refractivity contribution in [3.8, 4) is 0 Å². The molecule has 2 aromatic heterocycles. The number of nitrogens with one attached hydrogen (secondary N) is 1. The Kier molecular flexibility index (Phi) is 3.57. The lowest BCUT2D eigenvalue weighted by atomic mass is 10.0. The first-order chi connectivity index (χ1) is 11.3. The molecule has 0 spiro atoms. The molecule has 1 N–H and O–H groups in total. The third-order valence-corrected chi connectivity index (χ3v) is 4.52. The zero-order valence-corrected chi connectivity index (χ0v) is 12.9. The van der Waals surface area contributed by atoms with Gasteiger partial charge in [0.2, 0.25) is 5.91 Å². The number of fused-ring (bicyclic) bond motifs is 1. The number of piperidine rings is 1. The molecule has 1 aromatic carbocycles. The third kappa shape index (κ3) is 2.72. The van der Waals surface area contributed by atoms with Crippen molar-refractivity contribution in [2.75, 3.05) is 13.1 Å². The summed E-state index contributed by atoms with van der Waals surface area (Å²) in [5, 5.41) is 12.6. The van der Waals surface area contributed by atoms with Gasteiger partial charge in [-0.2, -0.15) is 10.2 Å². The molecule has 0 saturated carbocycles. The summed E-state index contributed by atoms with van der Waals surface area (Å²) < 4.78 is 1.96. The van der Waals surface area contributed by atoms with E-state index in [0.717, 1.165) is 42.5 Å². The van der Waals surface area contributed by atoms with Crippen molar-refractivity contribution < 1.29 is 4.79 Å². The summed E-state index contributed by atoms with van der Waals surface area (Å²) in [5.41, 5.74) is 1.80. The Labute approximate surface area is 134 Å². The van der Waals surface area contributed by atoms with Gasteiger partial charge in [-0.1, -0.05) is 18.2 Å². The summed E-state index contributed by atoms with van der Waals surface area (Å²) >= 11 is 0. The van der Waals surface area contributed by atoms with E-state index in [9.17, 15) is 4.79 Å². The van der Waals surface area contributed by atoms with Crippen molar-refractivity contribution in [2.45, 2.75) is 25.3 Å². The smallest absolute Gasteiger partial charge is 0.228 e. The minimum absolute atomic E-state index is 0.149. The summed E-state index contributed by atoms with van der Waals surface area (Å²) in [7, 11) is 0. The normalized spacial score (nSPS) is 18.4. The first-order valence-corrected chi connectivity index (χ1v) is 8.00. The van der Waals surface area contributed by atoms with Crippen LogP contribution in [0.5, 0.6) is 0 Å². The number of H-pyrrole nitrogens is 1. The van der Waals surface area contributed by atoms with E-state index in [1.165, 1.54) is 0 Å². The number of hydrogen-bond acceptors (Lipinski definition) is 3. The Morgan fingerprint density at radius 2 is 2.22 bits per heavy atom. The van der Waals surface area contributed by atoms with Gasteiger partial charge in [0.1, 0.15) is 0 Å². The molecule has 0 radical (unpaired) electrons. The van der Waals surface area contributed by atoms with Crippen LogP contribution in [0.4, 0.5) is 0 Å². The maximum Gasteiger partial charge on any atom is 0.228 e. The molecule has 4 rings (SSSR count). The molecule has 1 saturated heterocycles. The second-order valence-corrected chi connectivity index (χ2v) is 6.02. The molecule has 23 heavy (non-hydrogen) atoms. The molecule has 3 heterocycles. The standard InChI is InChI=1S/C17H19N5O/c23-17(11-16-14-6-1-2-7-15(14)19-20-16)21-9-3-5-13(12-21)22-10-4-8-18-22/h1-2,4,6-8,10,13H,3,5,9,11-12H2,(H,19,20)/t13-/m1/s1. The highest BCUT2D eigenvalue weighted by atomic mass is 16.2. The van der Waals surface area contributed by atoms with Crippen LogP contribution in [0.3, 0.4) is 0 Å². The quantitative estimate of drug-likeness (QED) is 0.806. The average molecular weight is 309 g/mol. The van der Waals surface area contributed by atoms with Crippen LogP contribution in [0.25, 0.3) is 10.9 Å². The maximum atomic E-state index is 12.7. The molecule has 1 fully saturated rings. The first-order valence-electron chi connectivity index (χ1n) is 8.00. The van der Waals surface area contributed by atoms with Crippen LogP contribution in [-0.4, -0.2) is 43.9 Å². The fourth-order valence-corrected chi connectivity index (χ4v) is 3.31. The number of para-hydroxylation sites is 1. The molecular formula is C17H19N5O. The van der Waals surface area contributed by atoms with E-state index in [1.807, 2.05) is 46.1 Å². The van der Waals surface area contributed by atoms with Gasteiger partial charge in [-0.05, 0) is 25.0 Å². The number of likely N-dealkylation sites (tertiary alicyclic amines) is 1. The number of carbonyl (C=O) groups is 1. The van der Waals surface area contributed by atoms with Crippen LogP contribution < -0.4 is 0 Å². The molecule has 0 bridgehead atoms. The minimum atomic E-state index is 0.149. The Hall–Kier alpha value is -2.63. The minimum Gasteiger partial charge on any atom is -0.340 e. The van der Waals surface area contributed by atoms with Gasteiger partial charge >= 0.3 is 0 Å². The molecule has 1 amide bonds. The third-order valence-electron chi connectivity index (χ3n) is 4.52. The number of rotatable bonds is 3. The monoisotopic (exact) mass is 309 g/mol. The van der Waals surface area contributed by atoms with E-state index < -0.39 is 0 Å². The number of amides is 1. The first kappa shape index (κ1) is 14.0. The summed E-state index contributed by atoms with van der Waals surface area (Å²) in [4.78, 5) is 14.6. The van der Waals surface area contributed by atoms with Crippen molar-refractivity contribution in [1.29, 1.82) is 0 Å². The van der Waals surface area contributed by atoms with E-state index >= 15 is 0 Å². The van der Waals surface area contributed by atoms with E-state index in [2.05, 4.69) is 15.3 Å². The van der Waals surface area contributed by atoms with E-state index in [1.54, 1.807) is 6.20 Å². The highest BCUT2D eigenvalue weighted by Crippen LogP contribution is 2.22. The number of hydrogen-bond donors (Lipinski definition) is 1. The Balaban J connectivity index is 1.48. The maximum absolute atomic E-state index is 12.7. The summed E-state index contributed by atoms with van der Waals surface area (Å²) in [6, 6.07) is 10.1. The van der Waals surface area contributed by atoms with Gasteiger partial charge in [0.05, 0.1) is 23.7 Å². The average Bonchev–Trinajstić information content (AvgIpc) is 3.25. The lowest BCUT2D eigenvalue weighted by Gasteiger charge is -2.32. The van der Waals surface area contributed by atoms with E-state index in [0.29, 0.717) is 6.42 Å². The van der Waals surface area contributed by atoms with Crippen molar-refractivity contribution in [2.24, 2.45) is 0 Å². The summed E-state index contributed by atoms with van der Waals surface area (Å²) in [6.07, 6.45) is 6.21. The van der Waals surface area contributed by atoms with Crippen LogP contribution in [-0.2, 0) is 11.2 Å². The van der Waals surface area contributed by atoms with Gasteiger partial charge in [-0.15, -0.1) is 0 Å². The number of aromatic nitrogens is 4. The Morgan fingerprint density at radius 3 is 3.09 bits per heavy atom. The number of nitrogens with zero attached hydrogens (tertiary/aromatic N) is 4. The summed E-state index contributed by atoms with van der Waals surface area (Å²) in [5.74, 6) is 0.149. The predicted molar refractivity (Wildman–Crippen MR) is 86.9 cm³/mol. The largest absolute Gasteiger partial charge is 0.340 e. The topological polar surface area (TPSA) is 66.8 Å². The molecule has 0 unspecified atom stereocenters. The fourth-order valence-electron chi connectivity index (χ4n) is 3.31. The van der Waals surface area contributed by atoms with Gasteiger partial charge in [0, 0.05) is 30.9 Å². The van der Waals surface area contributed by atoms with Gasteiger partial charge < -0.3 is 4.90 Å². The highest BCUT2D eigenvalue weighted by Gasteiger charge is 2.25. The molecule has 1 aliphatic rings. The summed E-state index contributed by atoms with van der Waals surface area (Å²) in [6.45, 7) is 1.55. The van der Waals surface area contributed by atoms with Crippen molar-refractivity contribution in [3.05, 3.63) is 48.4 Å². The molecule has 1 aliphatic heterocycles. The van der Waals surface area contributed by atoms with Crippen LogP contribution in [0.1, 0.15) is 24.6 Å². The SMILES string of the molecule is O=C(Cc1[nH]nc2ccccc12)N1CCC[C@@H](n2cccn2)C1. The molecule has 6 heteroatoms. The molecule has 6 nitrogen and oxygen atoms in total. The number of aromatic amines is 1. The second kappa shape index (κ2) is 5.87. The van der Waals surface area contributed by atoms with Gasteiger partial charge in [0.25, 0.3) is 0 Å². The van der Waals surface area contributed by atoms with E-state index in [4.69, 9.17) is 0 Å². The molecule has 3 aromatic rings. The number of carbonyl (C=O) groups excluding carboxylic acids is 1. The molecule has 0 aliphatic carbocycles. The second-order valence-electron chi connectivity index (χ2n) is 6.02. The lowest BCUT2D eigenvalue weighted by Crippen LogP contribution is -2.41. The van der Waals surface area contributed by atoms with Crippen LogP contribution in [0.15, 0.2) is 42.7 Å². The van der Waals surface area contributed by atoms with E-state index in [-0.39, 0.29) is 11.9 Å². The molecular weight excluding hydrogens is 290 g/mol. The highest BCUT2D eigenvalue weighted by molar-refractivity contribution is 5.87. The fraction of sp³-hybridized carbons (Fsp3) is 0.353. The Morgan fingerprint density at radius 1 is 1.30 bits per heavy atom. The predicted octanol–water partition coefficient (Wildman–Crippen LogP) is 2.17.